The maximum Gasteiger partial charge on any atom is 0.227 e. The van der Waals surface area contributed by atoms with Gasteiger partial charge in [0.25, 0.3) is 0 Å². The molecule has 0 saturated heterocycles. The highest BCUT2D eigenvalue weighted by Gasteiger charge is 2.10. The maximum absolute atomic E-state index is 11.1. The van der Waals surface area contributed by atoms with Crippen LogP contribution in [0.25, 0.3) is 22.6 Å². The third kappa shape index (κ3) is 2.72. The molecule has 0 aliphatic heterocycles. The van der Waals surface area contributed by atoms with Crippen molar-refractivity contribution in [3.05, 3.63) is 42.5 Å². The highest BCUT2D eigenvalue weighted by Crippen LogP contribution is 2.28. The molecule has 3 aromatic rings. The molecule has 106 valence electrons. The zero-order valence-corrected chi connectivity index (χ0v) is 11.7. The zero-order chi connectivity index (χ0) is 14.8. The molecule has 3 rings (SSSR count). The standard InChI is InChI=1S/C16H14N2O3/c1-10(19)17-12-6-7-14-15(9-12)21-16(18-14)11-4-3-5-13(8-11)20-2/h3-9H,1-2H3,(H,17,19). The lowest BCUT2D eigenvalue weighted by Gasteiger charge is -2.00. The van der Waals surface area contributed by atoms with Gasteiger partial charge < -0.3 is 14.5 Å². The molecule has 1 amide bonds. The molecule has 21 heavy (non-hydrogen) atoms. The van der Waals surface area contributed by atoms with Crippen LogP contribution < -0.4 is 10.1 Å². The SMILES string of the molecule is COc1cccc(-c2nc3ccc(NC(C)=O)cc3o2)c1. The first-order chi connectivity index (χ1) is 10.2. The number of hydrogen-bond acceptors (Lipinski definition) is 4. The van der Waals surface area contributed by atoms with Crippen molar-refractivity contribution in [2.24, 2.45) is 0 Å². The Bertz CT molecular complexity index is 808. The maximum atomic E-state index is 11.1. The normalized spacial score (nSPS) is 10.6. The number of carbonyl (C=O) groups is 1. The average Bonchev–Trinajstić information content (AvgIpc) is 2.90. The number of nitrogens with zero attached hydrogens (tertiary/aromatic N) is 1. The van der Waals surface area contributed by atoms with Gasteiger partial charge in [0, 0.05) is 24.2 Å². The lowest BCUT2D eigenvalue weighted by Crippen LogP contribution is -2.05. The van der Waals surface area contributed by atoms with E-state index < -0.39 is 0 Å². The molecule has 0 bridgehead atoms. The fourth-order valence-corrected chi connectivity index (χ4v) is 2.09. The van der Waals surface area contributed by atoms with Crippen molar-refractivity contribution in [2.45, 2.75) is 6.92 Å². The molecule has 1 aromatic heterocycles. The second-order valence-electron chi connectivity index (χ2n) is 4.61. The van der Waals surface area contributed by atoms with Crippen molar-refractivity contribution in [3.8, 4) is 17.2 Å². The fourth-order valence-electron chi connectivity index (χ4n) is 2.09. The van der Waals surface area contributed by atoms with Crippen LogP contribution in [0.1, 0.15) is 6.92 Å². The summed E-state index contributed by atoms with van der Waals surface area (Å²) in [5.74, 6) is 1.14. The molecule has 0 fully saturated rings. The van der Waals surface area contributed by atoms with Crippen LogP contribution in [0, 0.1) is 0 Å². The first-order valence-electron chi connectivity index (χ1n) is 6.48. The summed E-state index contributed by atoms with van der Waals surface area (Å²) >= 11 is 0. The van der Waals surface area contributed by atoms with Crippen molar-refractivity contribution in [3.63, 3.8) is 0 Å². The third-order valence-corrected chi connectivity index (χ3v) is 3.03. The van der Waals surface area contributed by atoms with Gasteiger partial charge in [0.05, 0.1) is 7.11 Å². The van der Waals surface area contributed by atoms with Gasteiger partial charge in [-0.3, -0.25) is 4.79 Å². The first kappa shape index (κ1) is 13.2. The van der Waals surface area contributed by atoms with Crippen LogP contribution in [0.3, 0.4) is 0 Å². The van der Waals surface area contributed by atoms with Crippen molar-refractivity contribution in [1.29, 1.82) is 0 Å². The predicted octanol–water partition coefficient (Wildman–Crippen LogP) is 3.46. The molecule has 0 aliphatic rings. The summed E-state index contributed by atoms with van der Waals surface area (Å²) in [5.41, 5.74) is 2.89. The van der Waals surface area contributed by atoms with Crippen LogP contribution in [-0.2, 0) is 4.79 Å². The summed E-state index contributed by atoms with van der Waals surface area (Å²) in [4.78, 5) is 15.5. The Hall–Kier alpha value is -2.82. The Kier molecular flexibility index (Phi) is 3.31. The number of methoxy groups -OCH3 is 1. The predicted molar refractivity (Wildman–Crippen MR) is 80.3 cm³/mol. The van der Waals surface area contributed by atoms with Crippen molar-refractivity contribution in [1.82, 2.24) is 4.98 Å². The van der Waals surface area contributed by atoms with Crippen LogP contribution in [0.4, 0.5) is 5.69 Å². The average molecular weight is 282 g/mol. The van der Waals surface area contributed by atoms with Gasteiger partial charge in [-0.2, -0.15) is 0 Å². The number of fused-ring (bicyclic) bond motifs is 1. The van der Waals surface area contributed by atoms with E-state index in [-0.39, 0.29) is 5.91 Å². The minimum absolute atomic E-state index is 0.123. The van der Waals surface area contributed by atoms with Gasteiger partial charge in [-0.1, -0.05) is 6.07 Å². The Morgan fingerprint density at radius 2 is 2.10 bits per heavy atom. The van der Waals surface area contributed by atoms with Gasteiger partial charge in [-0.15, -0.1) is 0 Å². The number of nitrogens with one attached hydrogen (secondary N) is 1. The Morgan fingerprint density at radius 1 is 1.24 bits per heavy atom. The largest absolute Gasteiger partial charge is 0.497 e. The van der Waals surface area contributed by atoms with Crippen LogP contribution in [0.15, 0.2) is 46.9 Å². The Labute approximate surface area is 121 Å². The molecular formula is C16H14N2O3. The molecule has 0 spiro atoms. The Morgan fingerprint density at radius 3 is 2.86 bits per heavy atom. The second kappa shape index (κ2) is 5.28. The van der Waals surface area contributed by atoms with Crippen molar-refractivity contribution < 1.29 is 13.9 Å². The van der Waals surface area contributed by atoms with Gasteiger partial charge in [-0.05, 0) is 30.3 Å². The van der Waals surface area contributed by atoms with Gasteiger partial charge in [0.15, 0.2) is 5.58 Å². The van der Waals surface area contributed by atoms with Crippen molar-refractivity contribution in [2.75, 3.05) is 12.4 Å². The first-order valence-corrected chi connectivity index (χ1v) is 6.48. The van der Waals surface area contributed by atoms with Crippen LogP contribution in [-0.4, -0.2) is 18.0 Å². The van der Waals surface area contributed by atoms with E-state index in [0.717, 1.165) is 16.8 Å². The highest BCUT2D eigenvalue weighted by atomic mass is 16.5. The smallest absolute Gasteiger partial charge is 0.227 e. The molecule has 1 N–H and O–H groups in total. The third-order valence-electron chi connectivity index (χ3n) is 3.03. The molecule has 0 atom stereocenters. The number of benzene rings is 2. The minimum Gasteiger partial charge on any atom is -0.497 e. The highest BCUT2D eigenvalue weighted by molar-refractivity contribution is 5.91. The monoisotopic (exact) mass is 282 g/mol. The fraction of sp³-hybridized carbons (Fsp3) is 0.125. The van der Waals surface area contributed by atoms with E-state index >= 15 is 0 Å². The van der Waals surface area contributed by atoms with Gasteiger partial charge >= 0.3 is 0 Å². The summed E-state index contributed by atoms with van der Waals surface area (Å²) in [6.07, 6.45) is 0. The number of rotatable bonds is 3. The number of ether oxygens (including phenoxy) is 1. The second-order valence-corrected chi connectivity index (χ2v) is 4.61. The van der Waals surface area contributed by atoms with Crippen LogP contribution >= 0.6 is 0 Å². The summed E-state index contributed by atoms with van der Waals surface area (Å²) < 4.78 is 11.0. The van der Waals surface area contributed by atoms with E-state index in [1.165, 1.54) is 6.92 Å². The minimum atomic E-state index is -0.123. The molecule has 0 radical (unpaired) electrons. The molecule has 0 saturated carbocycles. The van der Waals surface area contributed by atoms with Crippen molar-refractivity contribution >= 4 is 22.7 Å². The van der Waals surface area contributed by atoms with Crippen LogP contribution in [0.5, 0.6) is 5.75 Å². The number of oxazole rings is 1. The van der Waals surface area contributed by atoms with E-state index in [2.05, 4.69) is 10.3 Å². The molecule has 1 heterocycles. The summed E-state index contributed by atoms with van der Waals surface area (Å²) in [6.45, 7) is 1.46. The summed E-state index contributed by atoms with van der Waals surface area (Å²) in [7, 11) is 1.62. The number of hydrogen-bond donors (Lipinski definition) is 1. The van der Waals surface area contributed by atoms with E-state index in [0.29, 0.717) is 17.2 Å². The summed E-state index contributed by atoms with van der Waals surface area (Å²) in [6, 6.07) is 12.9. The number of anilines is 1. The zero-order valence-electron chi connectivity index (χ0n) is 11.7. The molecule has 5 heteroatoms. The van der Waals surface area contributed by atoms with E-state index in [1.807, 2.05) is 30.3 Å². The molecule has 0 unspecified atom stereocenters. The van der Waals surface area contributed by atoms with Gasteiger partial charge in [0.1, 0.15) is 11.3 Å². The number of amides is 1. The number of carbonyl (C=O) groups excluding carboxylic acids is 1. The molecule has 0 aliphatic carbocycles. The van der Waals surface area contributed by atoms with E-state index in [1.54, 1.807) is 19.2 Å². The van der Waals surface area contributed by atoms with Gasteiger partial charge in [-0.25, -0.2) is 4.98 Å². The lowest BCUT2D eigenvalue weighted by atomic mass is 10.2. The molecule has 5 nitrogen and oxygen atoms in total. The molecule has 2 aromatic carbocycles. The quantitative estimate of drug-likeness (QED) is 0.799. The van der Waals surface area contributed by atoms with Crippen LogP contribution in [0.2, 0.25) is 0 Å². The van der Waals surface area contributed by atoms with Gasteiger partial charge in [0.2, 0.25) is 11.8 Å². The topological polar surface area (TPSA) is 64.4 Å². The summed E-state index contributed by atoms with van der Waals surface area (Å²) in [5, 5.41) is 2.72. The van der Waals surface area contributed by atoms with E-state index in [4.69, 9.17) is 9.15 Å². The Balaban J connectivity index is 2.02. The van der Waals surface area contributed by atoms with E-state index in [9.17, 15) is 4.79 Å². The molecular weight excluding hydrogens is 268 g/mol. The number of aromatic nitrogens is 1. The lowest BCUT2D eigenvalue weighted by molar-refractivity contribution is -0.114.